The van der Waals surface area contributed by atoms with Crippen molar-refractivity contribution in [3.05, 3.63) is 72.2 Å². The first-order chi connectivity index (χ1) is 20.7. The highest BCUT2D eigenvalue weighted by atomic mass is 35.5. The second kappa shape index (κ2) is 20.1. The summed E-state index contributed by atoms with van der Waals surface area (Å²) >= 11 is 39.8. The zero-order valence-electron chi connectivity index (χ0n) is 23.1. The predicted molar refractivity (Wildman–Crippen MR) is 178 cm³/mol. The fourth-order valence-corrected chi connectivity index (χ4v) is 5.50. The molecule has 3 aromatic heterocycles. The van der Waals surface area contributed by atoms with E-state index in [2.05, 4.69) is 30.1 Å². The first kappa shape index (κ1) is 36.4. The lowest BCUT2D eigenvalue weighted by atomic mass is 10.3. The third-order valence-corrected chi connectivity index (χ3v) is 7.18. The van der Waals surface area contributed by atoms with Crippen LogP contribution in [0, 0.1) is 0 Å². The molecule has 0 radical (unpaired) electrons. The van der Waals surface area contributed by atoms with Crippen molar-refractivity contribution in [2.45, 2.75) is 0 Å². The number of nitrogens with one attached hydrogen (secondary N) is 1. The van der Waals surface area contributed by atoms with Gasteiger partial charge in [0.05, 0.1) is 39.6 Å². The number of ether oxygens (including phenoxy) is 3. The zero-order chi connectivity index (χ0) is 31.0. The van der Waals surface area contributed by atoms with E-state index in [9.17, 15) is 0 Å². The third kappa shape index (κ3) is 14.7. The van der Waals surface area contributed by atoms with Crippen LogP contribution in [0.15, 0.2) is 36.4 Å². The van der Waals surface area contributed by atoms with E-state index < -0.39 is 0 Å². The number of hydrogen-bond acceptors (Lipinski definition) is 9. The molecule has 3 aromatic rings. The summed E-state index contributed by atoms with van der Waals surface area (Å²) < 4.78 is 15.5. The van der Waals surface area contributed by atoms with Gasteiger partial charge in [0, 0.05) is 55.0 Å². The first-order valence-corrected chi connectivity index (χ1v) is 15.9. The fraction of sp³-hybridized carbons (Fsp3) is 0.444. The molecule has 9 nitrogen and oxygen atoms in total. The van der Waals surface area contributed by atoms with Gasteiger partial charge >= 0.3 is 0 Å². The zero-order valence-corrected chi connectivity index (χ0v) is 28.3. The van der Waals surface area contributed by atoms with Gasteiger partial charge < -0.3 is 29.3 Å². The maximum Gasteiger partial charge on any atom is 0.132 e. The fourth-order valence-electron chi connectivity index (χ4n) is 3.82. The summed E-state index contributed by atoms with van der Waals surface area (Å²) in [5, 5.41) is 6.19. The molecule has 43 heavy (non-hydrogen) atoms. The summed E-state index contributed by atoms with van der Waals surface area (Å²) in [6.07, 6.45) is 0. The highest BCUT2D eigenvalue weighted by molar-refractivity contribution is 6.36. The first-order valence-electron chi connectivity index (χ1n) is 13.3. The van der Waals surface area contributed by atoms with Crippen LogP contribution in [0.3, 0.4) is 0 Å². The maximum atomic E-state index is 5.89. The Morgan fingerprint density at radius 1 is 0.488 bits per heavy atom. The minimum Gasteiger partial charge on any atom is -0.379 e. The van der Waals surface area contributed by atoms with Crippen molar-refractivity contribution in [1.29, 1.82) is 0 Å². The van der Waals surface area contributed by atoms with Gasteiger partial charge in [0.1, 0.15) is 31.6 Å². The van der Waals surface area contributed by atoms with Crippen molar-refractivity contribution in [1.82, 2.24) is 20.3 Å². The van der Waals surface area contributed by atoms with E-state index in [1.165, 1.54) is 12.1 Å². The highest BCUT2D eigenvalue weighted by Crippen LogP contribution is 2.24. The van der Waals surface area contributed by atoms with Crippen molar-refractivity contribution in [2.24, 2.45) is 0 Å². The lowest BCUT2D eigenvalue weighted by molar-refractivity contribution is 0.109. The van der Waals surface area contributed by atoms with E-state index >= 15 is 0 Å². The molecule has 0 amide bonds. The minimum absolute atomic E-state index is 0.313. The smallest absolute Gasteiger partial charge is 0.132 e. The Bertz CT molecular complexity index is 1100. The van der Waals surface area contributed by atoms with Crippen LogP contribution in [-0.2, 0) is 14.2 Å². The Balaban J connectivity index is 0.000000164. The van der Waals surface area contributed by atoms with Gasteiger partial charge in [-0.05, 0) is 36.4 Å². The molecule has 0 saturated carbocycles. The number of pyridine rings is 3. The van der Waals surface area contributed by atoms with Crippen LogP contribution in [0.5, 0.6) is 0 Å². The molecule has 0 bridgehead atoms. The molecule has 0 spiro atoms. The van der Waals surface area contributed by atoms with Gasteiger partial charge in [-0.3, -0.25) is 0 Å². The van der Waals surface area contributed by atoms with E-state index in [-0.39, 0.29) is 0 Å². The van der Waals surface area contributed by atoms with E-state index in [0.29, 0.717) is 35.8 Å². The van der Waals surface area contributed by atoms with E-state index in [1.807, 2.05) is 18.2 Å². The largest absolute Gasteiger partial charge is 0.379 e. The Morgan fingerprint density at radius 3 is 1.28 bits per heavy atom. The molecule has 1 N–H and O–H groups in total. The standard InChI is InChI=1S/2C9H10Cl2N2O.C5H2Cl3N.C4H9NO/c10-8-5-7(6-9(11)12-8)13-1-3-14-4-2-13;10-7-5-8(11)12-9(6-7)13-1-3-14-4-2-13;6-3-1-4(7)9-5(8)2-3;1-3-6-4-2-5-1/h2*5-6H,1-4H2;1-2H;5H,1-4H2. The van der Waals surface area contributed by atoms with Gasteiger partial charge in [-0.15, -0.1) is 0 Å². The molecule has 3 aliphatic rings. The van der Waals surface area contributed by atoms with Gasteiger partial charge in [0.2, 0.25) is 0 Å². The lowest BCUT2D eigenvalue weighted by Gasteiger charge is -2.28. The van der Waals surface area contributed by atoms with Crippen molar-refractivity contribution < 1.29 is 14.2 Å². The Labute approximate surface area is 286 Å². The van der Waals surface area contributed by atoms with E-state index in [1.54, 1.807) is 6.07 Å². The Hall–Kier alpha value is -1.08. The molecule has 236 valence electrons. The van der Waals surface area contributed by atoms with Crippen LogP contribution in [0.25, 0.3) is 0 Å². The van der Waals surface area contributed by atoms with Crippen LogP contribution >= 0.6 is 81.2 Å². The van der Waals surface area contributed by atoms with Crippen molar-refractivity contribution in [3.63, 3.8) is 0 Å². The molecule has 0 aliphatic carbocycles. The number of aromatic nitrogens is 3. The number of hydrogen-bond donors (Lipinski definition) is 1. The molecule has 3 saturated heterocycles. The normalized spacial score (nSPS) is 16.5. The topological polar surface area (TPSA) is 84.9 Å². The van der Waals surface area contributed by atoms with Gasteiger partial charge in [-0.2, -0.15) is 0 Å². The van der Waals surface area contributed by atoms with Gasteiger partial charge in [0.25, 0.3) is 0 Å². The molecule has 6 heterocycles. The molecule has 3 fully saturated rings. The summed E-state index contributed by atoms with van der Waals surface area (Å²) in [5.74, 6) is 0.825. The van der Waals surface area contributed by atoms with Gasteiger partial charge in [-0.25, -0.2) is 15.0 Å². The second-order valence-corrected chi connectivity index (χ2v) is 11.7. The lowest BCUT2D eigenvalue weighted by Crippen LogP contribution is -2.36. The number of halogens is 7. The monoisotopic (exact) mass is 732 g/mol. The van der Waals surface area contributed by atoms with Gasteiger partial charge in [-0.1, -0.05) is 81.2 Å². The molecule has 3 aliphatic heterocycles. The van der Waals surface area contributed by atoms with Crippen LogP contribution < -0.4 is 15.1 Å². The SMILES string of the molecule is C1COCCN1.Clc1cc(Cl)nc(Cl)c1.Clc1cc(Cl)nc(N2CCOCC2)c1.Clc1cc(N2CCOCC2)cc(Cl)n1. The number of morpholine rings is 3. The molecular formula is C27H31Cl7N6O3. The molecule has 0 aromatic carbocycles. The van der Waals surface area contributed by atoms with E-state index in [0.717, 1.165) is 90.4 Å². The highest BCUT2D eigenvalue weighted by Gasteiger charge is 2.14. The molecule has 6 rings (SSSR count). The molecule has 0 atom stereocenters. The van der Waals surface area contributed by atoms with Crippen LogP contribution in [0.2, 0.25) is 35.8 Å². The maximum absolute atomic E-state index is 5.89. The summed E-state index contributed by atoms with van der Waals surface area (Å²) in [6.45, 7) is 10.2. The average molecular weight is 736 g/mol. The molecular weight excluding hydrogens is 705 g/mol. The quantitative estimate of drug-likeness (QED) is 0.277. The van der Waals surface area contributed by atoms with Crippen molar-refractivity contribution >= 4 is 92.7 Å². The number of nitrogens with zero attached hydrogens (tertiary/aromatic N) is 5. The minimum atomic E-state index is 0.313. The predicted octanol–water partition coefficient (Wildman–Crippen LogP) is 7.10. The summed E-state index contributed by atoms with van der Waals surface area (Å²) in [7, 11) is 0. The second-order valence-electron chi connectivity index (χ2n) is 8.93. The van der Waals surface area contributed by atoms with Crippen LogP contribution in [0.4, 0.5) is 11.5 Å². The van der Waals surface area contributed by atoms with Crippen molar-refractivity contribution in [2.75, 3.05) is 88.7 Å². The van der Waals surface area contributed by atoms with Crippen LogP contribution in [0.1, 0.15) is 0 Å². The summed E-state index contributed by atoms with van der Waals surface area (Å²) in [6, 6.07) is 10.1. The van der Waals surface area contributed by atoms with Gasteiger partial charge in [0.15, 0.2) is 0 Å². The Kier molecular flexibility index (Phi) is 17.0. The molecule has 16 heteroatoms. The average Bonchev–Trinajstić information content (AvgIpc) is 2.98. The van der Waals surface area contributed by atoms with Crippen LogP contribution in [-0.4, -0.2) is 93.9 Å². The third-order valence-electron chi connectivity index (χ3n) is 5.78. The summed E-state index contributed by atoms with van der Waals surface area (Å²) in [4.78, 5) is 16.1. The number of rotatable bonds is 2. The number of anilines is 2. The van der Waals surface area contributed by atoms with Crippen molar-refractivity contribution in [3.8, 4) is 0 Å². The van der Waals surface area contributed by atoms with E-state index in [4.69, 9.17) is 95.4 Å². The molecule has 0 unspecified atom stereocenters. The summed E-state index contributed by atoms with van der Waals surface area (Å²) in [5.41, 5.74) is 1.01. The Morgan fingerprint density at radius 2 is 0.884 bits per heavy atom.